The molecule has 2 atom stereocenters. The number of rotatable bonds is 4. The Labute approximate surface area is 151 Å². The lowest BCUT2D eigenvalue weighted by Gasteiger charge is -2.37. The Kier molecular flexibility index (Phi) is 4.72. The Hall–Kier alpha value is -1.92. The molecular weight excluding hydrogens is 343 g/mol. The number of benzene rings is 1. The van der Waals surface area contributed by atoms with Crippen molar-refractivity contribution in [1.29, 1.82) is 0 Å². The van der Waals surface area contributed by atoms with Gasteiger partial charge in [-0.05, 0) is 30.7 Å². The largest absolute Gasteiger partial charge is 0.493 e. The first-order valence-corrected chi connectivity index (χ1v) is 8.90. The van der Waals surface area contributed by atoms with Crippen molar-refractivity contribution in [3.05, 3.63) is 47.5 Å². The van der Waals surface area contributed by atoms with E-state index in [0.717, 1.165) is 44.3 Å². The highest BCUT2D eigenvalue weighted by Crippen LogP contribution is 2.28. The number of nitrogens with zero attached hydrogens (tertiary/aromatic N) is 4. The highest BCUT2D eigenvalue weighted by molar-refractivity contribution is 6.30. The van der Waals surface area contributed by atoms with Crippen LogP contribution in [0.3, 0.4) is 0 Å². The van der Waals surface area contributed by atoms with Crippen LogP contribution in [0.4, 0.5) is 10.3 Å². The van der Waals surface area contributed by atoms with E-state index in [0.29, 0.717) is 23.6 Å². The molecule has 2 saturated heterocycles. The third kappa shape index (κ3) is 3.85. The molecule has 0 radical (unpaired) electrons. The van der Waals surface area contributed by atoms with E-state index in [1.54, 1.807) is 24.5 Å². The first-order chi connectivity index (χ1) is 12.2. The van der Waals surface area contributed by atoms with Gasteiger partial charge in [0.1, 0.15) is 11.6 Å². The molecular formula is C18H20ClFN4O. The van der Waals surface area contributed by atoms with Crippen LogP contribution >= 0.6 is 11.6 Å². The Morgan fingerprint density at radius 1 is 1.12 bits per heavy atom. The standard InChI is InChI=1S/C18H20ClFN4O/c19-14-8-21-18(22-9-14)24-6-5-23-10-13(7-16(23)11-24)12-25-17-3-1-15(20)2-4-17/h1-4,8-9,13,16H,5-7,10-12H2. The Balaban J connectivity index is 1.32. The second-order valence-corrected chi connectivity index (χ2v) is 7.10. The van der Waals surface area contributed by atoms with Gasteiger partial charge in [-0.15, -0.1) is 0 Å². The van der Waals surface area contributed by atoms with Crippen molar-refractivity contribution in [2.45, 2.75) is 12.5 Å². The zero-order chi connectivity index (χ0) is 17.2. The molecule has 0 aliphatic carbocycles. The van der Waals surface area contributed by atoms with E-state index >= 15 is 0 Å². The van der Waals surface area contributed by atoms with Crippen LogP contribution in [0.15, 0.2) is 36.7 Å². The molecule has 0 N–H and O–H groups in total. The van der Waals surface area contributed by atoms with Gasteiger partial charge in [0.25, 0.3) is 0 Å². The van der Waals surface area contributed by atoms with Crippen LogP contribution in [0, 0.1) is 11.7 Å². The Morgan fingerprint density at radius 3 is 2.64 bits per heavy atom. The molecule has 1 aromatic carbocycles. The topological polar surface area (TPSA) is 41.5 Å². The molecule has 2 aliphatic heterocycles. The molecule has 2 aromatic rings. The fraction of sp³-hybridized carbons (Fsp3) is 0.444. The average Bonchev–Trinajstić information content (AvgIpc) is 3.04. The molecule has 0 spiro atoms. The fourth-order valence-corrected chi connectivity index (χ4v) is 3.76. The quantitative estimate of drug-likeness (QED) is 0.836. The van der Waals surface area contributed by atoms with Gasteiger partial charge in [0.2, 0.25) is 5.95 Å². The van der Waals surface area contributed by atoms with E-state index < -0.39 is 0 Å². The van der Waals surface area contributed by atoms with Crippen LogP contribution in [0.2, 0.25) is 5.02 Å². The molecule has 4 rings (SSSR count). The van der Waals surface area contributed by atoms with Crippen molar-refractivity contribution in [3.63, 3.8) is 0 Å². The minimum atomic E-state index is -0.241. The molecule has 1 aromatic heterocycles. The second-order valence-electron chi connectivity index (χ2n) is 6.66. The van der Waals surface area contributed by atoms with Crippen molar-refractivity contribution in [2.75, 3.05) is 37.7 Å². The number of ether oxygens (including phenoxy) is 1. The minimum Gasteiger partial charge on any atom is -0.493 e. The summed E-state index contributed by atoms with van der Waals surface area (Å²) in [6, 6.07) is 6.71. The van der Waals surface area contributed by atoms with Gasteiger partial charge in [-0.25, -0.2) is 14.4 Å². The van der Waals surface area contributed by atoms with Gasteiger partial charge >= 0.3 is 0 Å². The van der Waals surface area contributed by atoms with Crippen molar-refractivity contribution in [3.8, 4) is 5.75 Å². The van der Waals surface area contributed by atoms with Gasteiger partial charge in [-0.1, -0.05) is 11.6 Å². The Bertz CT molecular complexity index is 712. The third-order valence-corrected chi connectivity index (χ3v) is 5.09. The maximum Gasteiger partial charge on any atom is 0.225 e. The van der Waals surface area contributed by atoms with Crippen molar-refractivity contribution in [2.24, 2.45) is 5.92 Å². The molecule has 0 bridgehead atoms. The third-order valence-electron chi connectivity index (χ3n) is 4.89. The molecule has 5 nitrogen and oxygen atoms in total. The molecule has 25 heavy (non-hydrogen) atoms. The molecule has 2 aliphatic rings. The highest BCUT2D eigenvalue weighted by atomic mass is 35.5. The lowest BCUT2D eigenvalue weighted by molar-refractivity contribution is 0.216. The van der Waals surface area contributed by atoms with Gasteiger partial charge < -0.3 is 9.64 Å². The van der Waals surface area contributed by atoms with Crippen molar-refractivity contribution < 1.29 is 9.13 Å². The summed E-state index contributed by atoms with van der Waals surface area (Å²) in [5.74, 6) is 1.72. The summed E-state index contributed by atoms with van der Waals surface area (Å²) in [5, 5.41) is 0.557. The molecule has 2 unspecified atom stereocenters. The number of halogens is 2. The van der Waals surface area contributed by atoms with E-state index in [-0.39, 0.29) is 5.82 Å². The first kappa shape index (κ1) is 16.5. The number of anilines is 1. The van der Waals surface area contributed by atoms with Gasteiger partial charge in [0, 0.05) is 38.1 Å². The van der Waals surface area contributed by atoms with E-state index in [2.05, 4.69) is 19.8 Å². The smallest absolute Gasteiger partial charge is 0.225 e. The van der Waals surface area contributed by atoms with Crippen LogP contribution in [-0.4, -0.2) is 53.7 Å². The van der Waals surface area contributed by atoms with Gasteiger partial charge in [0.05, 0.1) is 24.0 Å². The van der Waals surface area contributed by atoms with Gasteiger partial charge in [-0.2, -0.15) is 0 Å². The predicted molar refractivity (Wildman–Crippen MR) is 94.6 cm³/mol. The van der Waals surface area contributed by atoms with Gasteiger partial charge in [0.15, 0.2) is 0 Å². The zero-order valence-electron chi connectivity index (χ0n) is 13.8. The van der Waals surface area contributed by atoms with Crippen molar-refractivity contribution in [1.82, 2.24) is 14.9 Å². The summed E-state index contributed by atoms with van der Waals surface area (Å²) in [6.07, 6.45) is 4.37. The number of fused-ring (bicyclic) bond motifs is 1. The summed E-state index contributed by atoms with van der Waals surface area (Å²) in [7, 11) is 0. The van der Waals surface area contributed by atoms with Crippen LogP contribution in [-0.2, 0) is 0 Å². The minimum absolute atomic E-state index is 0.241. The normalized spacial score (nSPS) is 23.5. The average molecular weight is 363 g/mol. The number of aromatic nitrogens is 2. The zero-order valence-corrected chi connectivity index (χ0v) is 14.6. The molecule has 132 valence electrons. The van der Waals surface area contributed by atoms with Gasteiger partial charge in [-0.3, -0.25) is 4.90 Å². The van der Waals surface area contributed by atoms with E-state index in [4.69, 9.17) is 16.3 Å². The van der Waals surface area contributed by atoms with Crippen LogP contribution in [0.25, 0.3) is 0 Å². The fourth-order valence-electron chi connectivity index (χ4n) is 3.66. The number of hydrogen-bond donors (Lipinski definition) is 0. The van der Waals surface area contributed by atoms with E-state index in [1.807, 2.05) is 0 Å². The Morgan fingerprint density at radius 2 is 1.88 bits per heavy atom. The summed E-state index contributed by atoms with van der Waals surface area (Å²) < 4.78 is 18.8. The molecule has 2 fully saturated rings. The summed E-state index contributed by atoms with van der Waals surface area (Å²) in [5.41, 5.74) is 0. The van der Waals surface area contributed by atoms with Crippen LogP contribution in [0.1, 0.15) is 6.42 Å². The maximum absolute atomic E-state index is 12.9. The predicted octanol–water partition coefficient (Wildman–Crippen LogP) is 2.86. The second kappa shape index (κ2) is 7.14. The van der Waals surface area contributed by atoms with Crippen LogP contribution < -0.4 is 9.64 Å². The molecule has 7 heteroatoms. The summed E-state index contributed by atoms with van der Waals surface area (Å²) in [6.45, 7) is 4.55. The number of piperazine rings is 1. The van der Waals surface area contributed by atoms with E-state index in [9.17, 15) is 4.39 Å². The number of hydrogen-bond acceptors (Lipinski definition) is 5. The molecule has 3 heterocycles. The highest BCUT2D eigenvalue weighted by Gasteiger charge is 2.36. The summed E-state index contributed by atoms with van der Waals surface area (Å²) in [4.78, 5) is 13.4. The first-order valence-electron chi connectivity index (χ1n) is 8.52. The SMILES string of the molecule is Fc1ccc(OCC2CC3CN(c4ncc(Cl)cn4)CCN3C2)cc1. The van der Waals surface area contributed by atoms with Crippen molar-refractivity contribution >= 4 is 17.5 Å². The lowest BCUT2D eigenvalue weighted by atomic mass is 10.1. The van der Waals surface area contributed by atoms with Crippen LogP contribution in [0.5, 0.6) is 5.75 Å². The lowest BCUT2D eigenvalue weighted by Crippen LogP contribution is -2.50. The molecule has 0 amide bonds. The maximum atomic E-state index is 12.9. The summed E-state index contributed by atoms with van der Waals surface area (Å²) >= 11 is 5.87. The monoisotopic (exact) mass is 362 g/mol. The van der Waals surface area contributed by atoms with E-state index in [1.165, 1.54) is 12.1 Å². The molecule has 0 saturated carbocycles.